The molecule has 1 aliphatic carbocycles. The number of Topliss-reactive ketones (excluding diaryl/α,β-unsaturated/α-hetero) is 1. The molecule has 170 valence electrons. The van der Waals surface area contributed by atoms with Crippen LogP contribution in [0.5, 0.6) is 5.75 Å². The Balaban J connectivity index is 2.11. The Labute approximate surface area is 183 Å². The van der Waals surface area contributed by atoms with Gasteiger partial charge in [0.2, 0.25) is 6.41 Å². The van der Waals surface area contributed by atoms with E-state index in [0.717, 1.165) is 36.8 Å². The smallest absolute Gasteiger partial charge is 0.407 e. The van der Waals surface area contributed by atoms with Gasteiger partial charge in [0.25, 0.3) is 0 Å². The van der Waals surface area contributed by atoms with Crippen molar-refractivity contribution in [1.29, 1.82) is 0 Å². The Morgan fingerprint density at radius 1 is 1.13 bits per heavy atom. The molecule has 0 unspecified atom stereocenters. The quantitative estimate of drug-likeness (QED) is 0.282. The van der Waals surface area contributed by atoms with Gasteiger partial charge in [0.05, 0.1) is 6.54 Å². The van der Waals surface area contributed by atoms with Gasteiger partial charge in [0, 0.05) is 23.4 Å². The maximum Gasteiger partial charge on any atom is 0.407 e. The molecule has 2 radical (unpaired) electrons. The van der Waals surface area contributed by atoms with Crippen molar-refractivity contribution in [3.63, 3.8) is 0 Å². The molecule has 0 bridgehead atoms. The molecule has 2 rings (SSSR count). The lowest BCUT2D eigenvalue weighted by atomic mass is 9.75. The van der Waals surface area contributed by atoms with Crippen LogP contribution in [-0.4, -0.2) is 37.0 Å². The first-order chi connectivity index (χ1) is 14.6. The Morgan fingerprint density at radius 2 is 1.77 bits per heavy atom. The SMILES string of the molecule is Cc1c(O[O])[c]c(C(=O)CNC=O)c(C2CCC(CNC(=O)OC(C)(C)C)CC2)c1C. The lowest BCUT2D eigenvalue weighted by Crippen LogP contribution is -2.36. The third kappa shape index (κ3) is 6.69. The van der Waals surface area contributed by atoms with Gasteiger partial charge in [-0.25, -0.2) is 4.79 Å². The number of benzene rings is 1. The molecule has 0 spiro atoms. The first kappa shape index (κ1) is 24.7. The summed E-state index contributed by atoms with van der Waals surface area (Å²) in [4.78, 5) is 39.4. The van der Waals surface area contributed by atoms with Crippen LogP contribution in [0, 0.1) is 25.8 Å². The first-order valence-corrected chi connectivity index (χ1v) is 10.6. The van der Waals surface area contributed by atoms with Crippen LogP contribution in [0.2, 0.25) is 0 Å². The van der Waals surface area contributed by atoms with Crippen molar-refractivity contribution in [2.24, 2.45) is 5.92 Å². The van der Waals surface area contributed by atoms with Gasteiger partial charge in [0.15, 0.2) is 11.5 Å². The van der Waals surface area contributed by atoms with Gasteiger partial charge in [-0.05, 0) is 88.8 Å². The van der Waals surface area contributed by atoms with Gasteiger partial charge >= 0.3 is 6.09 Å². The molecule has 0 aromatic heterocycles. The number of ether oxygens (including phenoxy) is 1. The second kappa shape index (κ2) is 10.6. The summed E-state index contributed by atoms with van der Waals surface area (Å²) >= 11 is 0. The molecule has 0 atom stereocenters. The largest absolute Gasteiger partial charge is 0.444 e. The molecule has 1 aromatic carbocycles. The average Bonchev–Trinajstić information content (AvgIpc) is 2.71. The van der Waals surface area contributed by atoms with Crippen molar-refractivity contribution >= 4 is 18.3 Å². The fraction of sp³-hybridized carbons (Fsp3) is 0.609. The van der Waals surface area contributed by atoms with Crippen LogP contribution in [0.25, 0.3) is 0 Å². The molecule has 8 nitrogen and oxygen atoms in total. The molecule has 1 aliphatic rings. The van der Waals surface area contributed by atoms with Crippen molar-refractivity contribution in [2.45, 2.75) is 71.8 Å². The van der Waals surface area contributed by atoms with Crippen molar-refractivity contribution in [2.75, 3.05) is 13.1 Å². The van der Waals surface area contributed by atoms with Gasteiger partial charge in [-0.3, -0.25) is 9.59 Å². The number of amides is 2. The van der Waals surface area contributed by atoms with Crippen LogP contribution in [0.3, 0.4) is 0 Å². The number of carbonyl (C=O) groups is 3. The Hall–Kier alpha value is -2.61. The molecule has 0 aliphatic heterocycles. The number of hydrogen-bond donors (Lipinski definition) is 2. The third-order valence-electron chi connectivity index (χ3n) is 5.71. The highest BCUT2D eigenvalue weighted by atomic mass is 17.1. The summed E-state index contributed by atoms with van der Waals surface area (Å²) < 4.78 is 5.28. The molecule has 1 aromatic rings. The number of nitrogens with one attached hydrogen (secondary N) is 2. The topological polar surface area (TPSA) is 114 Å². The van der Waals surface area contributed by atoms with E-state index in [9.17, 15) is 19.6 Å². The number of rotatable bonds is 8. The zero-order chi connectivity index (χ0) is 23.2. The van der Waals surface area contributed by atoms with E-state index >= 15 is 0 Å². The standard InChI is InChI=1S/C23H32N2O6/c1-14-15(2)21(18(10-20(14)31-29)19(27)12-24-13-26)17-8-6-16(7-9-17)11-25-22(28)30-23(3,4)5/h13,16-17H,6-9,11-12H2,1-5H3,(H,24,26)(H,25,28). The van der Waals surface area contributed by atoms with Crippen LogP contribution in [-0.2, 0) is 14.8 Å². The monoisotopic (exact) mass is 432 g/mol. The highest BCUT2D eigenvalue weighted by Crippen LogP contribution is 2.41. The second-order valence-corrected chi connectivity index (χ2v) is 9.10. The van der Waals surface area contributed by atoms with E-state index < -0.39 is 11.7 Å². The Morgan fingerprint density at radius 3 is 2.32 bits per heavy atom. The summed E-state index contributed by atoms with van der Waals surface area (Å²) in [6.07, 6.45) is 3.51. The first-order valence-electron chi connectivity index (χ1n) is 10.6. The van der Waals surface area contributed by atoms with E-state index in [4.69, 9.17) is 4.74 Å². The summed E-state index contributed by atoms with van der Waals surface area (Å²) in [5.74, 6) is 0.154. The van der Waals surface area contributed by atoms with Crippen LogP contribution in [0.4, 0.5) is 4.79 Å². The van der Waals surface area contributed by atoms with E-state index in [1.165, 1.54) is 0 Å². The fourth-order valence-corrected chi connectivity index (χ4v) is 4.07. The van der Waals surface area contributed by atoms with Crippen molar-refractivity contribution in [1.82, 2.24) is 10.6 Å². The highest BCUT2D eigenvalue weighted by molar-refractivity contribution is 6.00. The summed E-state index contributed by atoms with van der Waals surface area (Å²) in [7, 11) is 0. The van der Waals surface area contributed by atoms with Crippen molar-refractivity contribution in [3.05, 3.63) is 28.3 Å². The minimum atomic E-state index is -0.532. The summed E-state index contributed by atoms with van der Waals surface area (Å²) in [6.45, 7) is 9.51. The van der Waals surface area contributed by atoms with Crippen LogP contribution >= 0.6 is 0 Å². The Bertz CT molecular complexity index is 807. The van der Waals surface area contributed by atoms with Crippen LogP contribution < -0.4 is 15.5 Å². The van der Waals surface area contributed by atoms with Gasteiger partial charge < -0.3 is 20.3 Å². The number of ketones is 1. The minimum absolute atomic E-state index is 0.00551. The molecule has 0 saturated heterocycles. The molecule has 2 amide bonds. The van der Waals surface area contributed by atoms with Crippen LogP contribution in [0.1, 0.15) is 79.4 Å². The van der Waals surface area contributed by atoms with Crippen molar-refractivity contribution in [3.8, 4) is 5.75 Å². The minimum Gasteiger partial charge on any atom is -0.444 e. The number of alkyl carbamates (subject to hydrolysis) is 1. The van der Waals surface area contributed by atoms with E-state index in [2.05, 4.69) is 21.6 Å². The van der Waals surface area contributed by atoms with Gasteiger partial charge in [0.1, 0.15) is 5.60 Å². The molecular formula is C23H32N2O6. The molecule has 2 N–H and O–H groups in total. The van der Waals surface area contributed by atoms with Gasteiger partial charge in [-0.15, -0.1) is 0 Å². The van der Waals surface area contributed by atoms with E-state index in [-0.39, 0.29) is 24.0 Å². The third-order valence-corrected chi connectivity index (χ3v) is 5.71. The van der Waals surface area contributed by atoms with Crippen LogP contribution in [0.15, 0.2) is 0 Å². The molecular weight excluding hydrogens is 400 g/mol. The average molecular weight is 433 g/mol. The van der Waals surface area contributed by atoms with E-state index in [1.807, 2.05) is 27.7 Å². The lowest BCUT2D eigenvalue weighted by molar-refractivity contribution is -0.209. The van der Waals surface area contributed by atoms with Gasteiger partial charge in [-0.2, -0.15) is 0 Å². The van der Waals surface area contributed by atoms with Gasteiger partial charge in [-0.1, -0.05) is 0 Å². The predicted octanol–water partition coefficient (Wildman–Crippen LogP) is 3.56. The highest BCUT2D eigenvalue weighted by Gasteiger charge is 2.29. The molecule has 1 saturated carbocycles. The van der Waals surface area contributed by atoms with E-state index in [0.29, 0.717) is 30.0 Å². The van der Waals surface area contributed by atoms with E-state index in [1.54, 1.807) is 6.92 Å². The maximum atomic E-state index is 12.7. The zero-order valence-electron chi connectivity index (χ0n) is 18.9. The normalized spacial score (nSPS) is 18.8. The summed E-state index contributed by atoms with van der Waals surface area (Å²) in [5.41, 5.74) is 2.15. The summed E-state index contributed by atoms with van der Waals surface area (Å²) in [5, 5.41) is 16.3. The Kier molecular flexibility index (Phi) is 8.44. The number of carbonyl (C=O) groups excluding carboxylic acids is 3. The molecule has 1 fully saturated rings. The fourth-order valence-electron chi connectivity index (χ4n) is 4.07. The molecule has 0 heterocycles. The predicted molar refractivity (Wildman–Crippen MR) is 113 cm³/mol. The second-order valence-electron chi connectivity index (χ2n) is 9.10. The maximum absolute atomic E-state index is 12.7. The number of hydrogen-bond acceptors (Lipinski definition) is 5. The molecule has 31 heavy (non-hydrogen) atoms. The molecule has 8 heteroatoms. The summed E-state index contributed by atoms with van der Waals surface area (Å²) in [6, 6.07) is 2.84. The zero-order valence-corrected chi connectivity index (χ0v) is 18.9. The van der Waals surface area contributed by atoms with Crippen molar-refractivity contribution < 1.29 is 29.3 Å². The lowest BCUT2D eigenvalue weighted by Gasteiger charge is -2.31.